The number of hydrogen-bond acceptors (Lipinski definition) is 3. The van der Waals surface area contributed by atoms with E-state index in [1.807, 2.05) is 0 Å². The number of nitrogens with two attached hydrogens (primary N) is 1. The summed E-state index contributed by atoms with van der Waals surface area (Å²) in [6, 6.07) is -1.23. The van der Waals surface area contributed by atoms with E-state index in [-0.39, 0.29) is 0 Å². The molecule has 0 saturated heterocycles. The van der Waals surface area contributed by atoms with Crippen molar-refractivity contribution < 1.29 is 15.0 Å². The number of carbonyl (C=O) groups is 1. The standard InChI is InChI=1S/C6H11NO3/c1-2-3-4(8)5(7)6(9)10/h2-5,8H,7H2,1H3,(H,9,10)/b3-2+. The molecule has 0 saturated carbocycles. The first-order valence-electron chi connectivity index (χ1n) is 2.89. The Kier molecular flexibility index (Phi) is 3.68. The Morgan fingerprint density at radius 1 is 1.70 bits per heavy atom. The third kappa shape index (κ3) is 2.61. The summed E-state index contributed by atoms with van der Waals surface area (Å²) < 4.78 is 0. The van der Waals surface area contributed by atoms with Gasteiger partial charge in [-0.05, 0) is 6.92 Å². The summed E-state index contributed by atoms with van der Waals surface area (Å²) in [5, 5.41) is 17.2. The molecular weight excluding hydrogens is 134 g/mol. The highest BCUT2D eigenvalue weighted by Crippen LogP contribution is 1.91. The van der Waals surface area contributed by atoms with Crippen LogP contribution in [0, 0.1) is 0 Å². The van der Waals surface area contributed by atoms with Crippen LogP contribution in [0.4, 0.5) is 0 Å². The number of rotatable bonds is 3. The van der Waals surface area contributed by atoms with Gasteiger partial charge in [0, 0.05) is 0 Å². The van der Waals surface area contributed by atoms with Crippen molar-refractivity contribution >= 4 is 5.97 Å². The van der Waals surface area contributed by atoms with Crippen molar-refractivity contribution in [1.82, 2.24) is 0 Å². The van der Waals surface area contributed by atoms with Crippen LogP contribution in [-0.2, 0) is 4.79 Å². The highest BCUT2D eigenvalue weighted by molar-refractivity contribution is 5.74. The van der Waals surface area contributed by atoms with E-state index < -0.39 is 18.1 Å². The summed E-state index contributed by atoms with van der Waals surface area (Å²) in [4.78, 5) is 10.1. The van der Waals surface area contributed by atoms with E-state index in [9.17, 15) is 4.79 Å². The topological polar surface area (TPSA) is 83.5 Å². The largest absolute Gasteiger partial charge is 0.480 e. The minimum absolute atomic E-state index is 1.09. The zero-order valence-electron chi connectivity index (χ0n) is 5.69. The second kappa shape index (κ2) is 4.03. The molecule has 0 heterocycles. The van der Waals surface area contributed by atoms with Crippen LogP contribution < -0.4 is 5.73 Å². The number of carboxylic acids is 1. The van der Waals surface area contributed by atoms with E-state index in [1.165, 1.54) is 6.08 Å². The molecule has 0 aromatic carbocycles. The van der Waals surface area contributed by atoms with E-state index in [0.717, 1.165) is 0 Å². The van der Waals surface area contributed by atoms with Gasteiger partial charge < -0.3 is 15.9 Å². The molecule has 0 aromatic rings. The van der Waals surface area contributed by atoms with Gasteiger partial charge in [-0.1, -0.05) is 12.2 Å². The summed E-state index contributed by atoms with van der Waals surface area (Å²) in [7, 11) is 0. The Bertz CT molecular complexity index is 144. The Labute approximate surface area is 59.0 Å². The highest BCUT2D eigenvalue weighted by Gasteiger charge is 2.18. The van der Waals surface area contributed by atoms with Crippen LogP contribution in [-0.4, -0.2) is 28.3 Å². The highest BCUT2D eigenvalue weighted by atomic mass is 16.4. The summed E-state index contributed by atoms with van der Waals surface area (Å²) in [5.41, 5.74) is 5.05. The first-order chi connectivity index (χ1) is 4.59. The smallest absolute Gasteiger partial charge is 0.323 e. The lowest BCUT2D eigenvalue weighted by Gasteiger charge is -2.09. The zero-order chi connectivity index (χ0) is 8.15. The van der Waals surface area contributed by atoms with Crippen molar-refractivity contribution in [2.75, 3.05) is 0 Å². The summed E-state index contributed by atoms with van der Waals surface area (Å²) >= 11 is 0. The van der Waals surface area contributed by atoms with Crippen LogP contribution in [0.15, 0.2) is 12.2 Å². The predicted octanol–water partition coefficient (Wildman–Crippen LogP) is -0.665. The summed E-state index contributed by atoms with van der Waals surface area (Å²) in [5.74, 6) is -1.20. The normalized spacial score (nSPS) is 17.1. The number of allylic oxidation sites excluding steroid dienone is 1. The van der Waals surface area contributed by atoms with E-state index >= 15 is 0 Å². The Morgan fingerprint density at radius 2 is 2.20 bits per heavy atom. The average molecular weight is 145 g/mol. The molecule has 58 valence electrons. The van der Waals surface area contributed by atoms with Gasteiger partial charge in [0.1, 0.15) is 6.04 Å². The molecule has 0 aliphatic carbocycles. The SMILES string of the molecule is C/C=C/C(O)C(N)C(=O)O. The Morgan fingerprint density at radius 3 is 2.50 bits per heavy atom. The lowest BCUT2D eigenvalue weighted by molar-refractivity contribution is -0.140. The van der Waals surface area contributed by atoms with Crippen LogP contribution in [0.25, 0.3) is 0 Å². The molecule has 0 aliphatic rings. The second-order valence-corrected chi connectivity index (χ2v) is 1.88. The second-order valence-electron chi connectivity index (χ2n) is 1.88. The maximum atomic E-state index is 10.1. The van der Waals surface area contributed by atoms with Gasteiger partial charge in [0.15, 0.2) is 0 Å². The first-order valence-corrected chi connectivity index (χ1v) is 2.89. The van der Waals surface area contributed by atoms with Crippen molar-refractivity contribution in [2.45, 2.75) is 19.1 Å². The molecule has 0 aromatic heterocycles. The maximum Gasteiger partial charge on any atom is 0.323 e. The molecule has 0 rings (SSSR count). The van der Waals surface area contributed by atoms with Crippen LogP contribution in [0.1, 0.15) is 6.92 Å². The molecule has 10 heavy (non-hydrogen) atoms. The summed E-state index contributed by atoms with van der Waals surface area (Å²) in [6.45, 7) is 1.68. The number of aliphatic hydroxyl groups excluding tert-OH is 1. The molecule has 0 spiro atoms. The maximum absolute atomic E-state index is 10.1. The van der Waals surface area contributed by atoms with Crippen molar-refractivity contribution in [2.24, 2.45) is 5.73 Å². The fraction of sp³-hybridized carbons (Fsp3) is 0.500. The van der Waals surface area contributed by atoms with E-state index in [0.29, 0.717) is 0 Å². The molecule has 0 aliphatic heterocycles. The van der Waals surface area contributed by atoms with Gasteiger partial charge >= 0.3 is 5.97 Å². The van der Waals surface area contributed by atoms with Gasteiger partial charge in [-0.3, -0.25) is 4.79 Å². The lowest BCUT2D eigenvalue weighted by atomic mass is 10.1. The van der Waals surface area contributed by atoms with Crippen molar-refractivity contribution in [3.8, 4) is 0 Å². The molecule has 0 amide bonds. The van der Waals surface area contributed by atoms with Crippen LogP contribution in [0.3, 0.4) is 0 Å². The third-order valence-electron chi connectivity index (χ3n) is 1.04. The Hall–Kier alpha value is -0.870. The monoisotopic (exact) mass is 145 g/mol. The van der Waals surface area contributed by atoms with E-state index in [1.54, 1.807) is 13.0 Å². The minimum atomic E-state index is -1.23. The molecular formula is C6H11NO3. The fourth-order valence-corrected chi connectivity index (χ4v) is 0.463. The Balaban J connectivity index is 3.93. The molecule has 0 bridgehead atoms. The van der Waals surface area contributed by atoms with Crippen LogP contribution in [0.2, 0.25) is 0 Å². The van der Waals surface area contributed by atoms with E-state index in [4.69, 9.17) is 15.9 Å². The van der Waals surface area contributed by atoms with Crippen molar-refractivity contribution in [3.63, 3.8) is 0 Å². The lowest BCUT2D eigenvalue weighted by Crippen LogP contribution is -2.40. The third-order valence-corrected chi connectivity index (χ3v) is 1.04. The van der Waals surface area contributed by atoms with Gasteiger partial charge in [-0.25, -0.2) is 0 Å². The molecule has 0 fully saturated rings. The molecule has 0 radical (unpaired) electrons. The molecule has 4 N–H and O–H groups in total. The molecule has 4 heteroatoms. The van der Waals surface area contributed by atoms with Gasteiger partial charge in [-0.15, -0.1) is 0 Å². The van der Waals surface area contributed by atoms with Gasteiger partial charge in [0.05, 0.1) is 6.10 Å². The minimum Gasteiger partial charge on any atom is -0.480 e. The molecule has 2 unspecified atom stereocenters. The van der Waals surface area contributed by atoms with Crippen molar-refractivity contribution in [3.05, 3.63) is 12.2 Å². The number of hydrogen-bond donors (Lipinski definition) is 3. The predicted molar refractivity (Wildman–Crippen MR) is 36.4 cm³/mol. The molecule has 4 nitrogen and oxygen atoms in total. The van der Waals surface area contributed by atoms with Gasteiger partial charge in [0.25, 0.3) is 0 Å². The first kappa shape index (κ1) is 9.13. The van der Waals surface area contributed by atoms with Gasteiger partial charge in [-0.2, -0.15) is 0 Å². The van der Waals surface area contributed by atoms with Crippen LogP contribution in [0.5, 0.6) is 0 Å². The summed E-state index contributed by atoms with van der Waals surface area (Å²) in [6.07, 6.45) is 1.79. The average Bonchev–Trinajstić information content (AvgIpc) is 1.87. The van der Waals surface area contributed by atoms with Gasteiger partial charge in [0.2, 0.25) is 0 Å². The van der Waals surface area contributed by atoms with Crippen molar-refractivity contribution in [1.29, 1.82) is 0 Å². The van der Waals surface area contributed by atoms with E-state index in [2.05, 4.69) is 0 Å². The van der Waals surface area contributed by atoms with Crippen LogP contribution >= 0.6 is 0 Å². The number of aliphatic hydroxyl groups is 1. The number of aliphatic carboxylic acids is 1. The quantitative estimate of drug-likeness (QED) is 0.460. The fourth-order valence-electron chi connectivity index (χ4n) is 0.463. The number of carboxylic acid groups (broad SMARTS) is 1. The molecule has 2 atom stereocenters. The zero-order valence-corrected chi connectivity index (χ0v) is 5.69.